The second-order valence-corrected chi connectivity index (χ2v) is 8.77. The lowest BCUT2D eigenvalue weighted by Gasteiger charge is -2.33. The molecule has 0 aromatic heterocycles. The van der Waals surface area contributed by atoms with Crippen LogP contribution in [0.15, 0.2) is 47.4 Å². The zero-order valence-corrected chi connectivity index (χ0v) is 16.4. The molecule has 0 bridgehead atoms. The quantitative estimate of drug-likeness (QED) is 0.819. The highest BCUT2D eigenvalue weighted by atomic mass is 32.2. The maximum absolute atomic E-state index is 13.0. The van der Waals surface area contributed by atoms with Crippen molar-refractivity contribution in [3.8, 4) is 0 Å². The molecule has 1 aliphatic rings. The Hall–Kier alpha value is -1.96. The molecule has 146 valence electrons. The van der Waals surface area contributed by atoms with Crippen molar-refractivity contribution in [2.24, 2.45) is 5.92 Å². The molecule has 7 heteroatoms. The Bertz CT molecular complexity index is 905. The number of likely N-dealkylation sites (N-methyl/N-ethyl adjacent to an activating group) is 1. The number of carbonyl (C=O) groups excluding carboxylic acids is 1. The van der Waals surface area contributed by atoms with E-state index in [1.165, 1.54) is 4.31 Å². The molecular formula is C20H26N2O4S. The van der Waals surface area contributed by atoms with E-state index in [1.54, 1.807) is 17.0 Å². The summed E-state index contributed by atoms with van der Waals surface area (Å²) in [7, 11) is -3.57. The topological polar surface area (TPSA) is 77.9 Å². The van der Waals surface area contributed by atoms with E-state index in [4.69, 9.17) is 5.11 Å². The van der Waals surface area contributed by atoms with Crippen molar-refractivity contribution in [1.82, 2.24) is 9.21 Å². The van der Waals surface area contributed by atoms with E-state index in [0.29, 0.717) is 43.9 Å². The molecule has 0 aliphatic carbocycles. The predicted molar refractivity (Wildman–Crippen MR) is 105 cm³/mol. The highest BCUT2D eigenvalue weighted by Gasteiger charge is 2.33. The van der Waals surface area contributed by atoms with Crippen molar-refractivity contribution in [3.05, 3.63) is 42.5 Å². The van der Waals surface area contributed by atoms with Crippen LogP contribution in [-0.2, 0) is 14.8 Å². The fourth-order valence-electron chi connectivity index (χ4n) is 3.62. The molecule has 0 unspecified atom stereocenters. The third-order valence-electron chi connectivity index (χ3n) is 5.23. The van der Waals surface area contributed by atoms with Gasteiger partial charge in [-0.2, -0.15) is 4.31 Å². The van der Waals surface area contributed by atoms with Gasteiger partial charge in [-0.3, -0.25) is 4.79 Å². The lowest BCUT2D eigenvalue weighted by atomic mass is 9.96. The smallest absolute Gasteiger partial charge is 0.243 e. The number of carbonyl (C=O) groups is 1. The third kappa shape index (κ3) is 4.15. The number of hydrogen-bond donors (Lipinski definition) is 1. The van der Waals surface area contributed by atoms with Gasteiger partial charge in [0.2, 0.25) is 15.9 Å². The van der Waals surface area contributed by atoms with Crippen LogP contribution in [0.4, 0.5) is 0 Å². The first-order valence-corrected chi connectivity index (χ1v) is 10.8. The van der Waals surface area contributed by atoms with Gasteiger partial charge in [0.15, 0.2) is 0 Å². The normalized spacial score (nSPS) is 16.5. The molecule has 0 atom stereocenters. The Kier molecular flexibility index (Phi) is 6.14. The molecule has 6 nitrogen and oxygen atoms in total. The second kappa shape index (κ2) is 8.37. The van der Waals surface area contributed by atoms with E-state index in [1.807, 2.05) is 37.3 Å². The molecule has 1 amide bonds. The van der Waals surface area contributed by atoms with Crippen LogP contribution >= 0.6 is 0 Å². The summed E-state index contributed by atoms with van der Waals surface area (Å²) in [4.78, 5) is 14.5. The van der Waals surface area contributed by atoms with E-state index in [9.17, 15) is 13.2 Å². The molecule has 27 heavy (non-hydrogen) atoms. The van der Waals surface area contributed by atoms with Gasteiger partial charge in [-0.05, 0) is 42.7 Å². The molecule has 1 saturated heterocycles. The lowest BCUT2D eigenvalue weighted by molar-refractivity contribution is -0.137. The minimum absolute atomic E-state index is 0.00861. The number of hydrogen-bond acceptors (Lipinski definition) is 4. The first-order chi connectivity index (χ1) is 13.0. The maximum atomic E-state index is 13.0. The number of piperidine rings is 1. The highest BCUT2D eigenvalue weighted by Crippen LogP contribution is 2.27. The van der Waals surface area contributed by atoms with E-state index in [-0.39, 0.29) is 18.4 Å². The van der Waals surface area contributed by atoms with Crippen molar-refractivity contribution in [2.45, 2.75) is 24.7 Å². The first-order valence-electron chi connectivity index (χ1n) is 9.36. The van der Waals surface area contributed by atoms with Crippen LogP contribution < -0.4 is 0 Å². The van der Waals surface area contributed by atoms with E-state index in [2.05, 4.69) is 0 Å². The lowest BCUT2D eigenvalue weighted by Crippen LogP contribution is -2.45. The van der Waals surface area contributed by atoms with Crippen molar-refractivity contribution in [2.75, 3.05) is 32.8 Å². The van der Waals surface area contributed by atoms with E-state index in [0.717, 1.165) is 10.8 Å². The molecule has 3 rings (SSSR count). The zero-order chi connectivity index (χ0) is 19.4. The average molecular weight is 391 g/mol. The van der Waals surface area contributed by atoms with Gasteiger partial charge in [-0.1, -0.05) is 30.3 Å². The Balaban J connectivity index is 1.71. The summed E-state index contributed by atoms with van der Waals surface area (Å²) in [6.45, 7) is 3.37. The summed E-state index contributed by atoms with van der Waals surface area (Å²) in [5, 5.41) is 11.0. The third-order valence-corrected chi connectivity index (χ3v) is 7.12. The van der Waals surface area contributed by atoms with E-state index < -0.39 is 10.0 Å². The predicted octanol–water partition coefficient (Wildman–Crippen LogP) is 2.08. The fraction of sp³-hybridized carbons (Fsp3) is 0.450. The molecule has 2 aromatic rings. The number of aliphatic hydroxyl groups excluding tert-OH is 1. The van der Waals surface area contributed by atoms with Crippen molar-refractivity contribution in [3.63, 3.8) is 0 Å². The van der Waals surface area contributed by atoms with Crippen LogP contribution in [-0.4, -0.2) is 61.4 Å². The molecular weight excluding hydrogens is 364 g/mol. The Morgan fingerprint density at radius 2 is 1.81 bits per heavy atom. The Labute approximate surface area is 160 Å². The van der Waals surface area contributed by atoms with Crippen LogP contribution in [0.1, 0.15) is 19.8 Å². The van der Waals surface area contributed by atoms with E-state index >= 15 is 0 Å². The number of rotatable bonds is 6. The number of sulfonamides is 1. The monoisotopic (exact) mass is 390 g/mol. The maximum Gasteiger partial charge on any atom is 0.243 e. The Morgan fingerprint density at radius 3 is 2.44 bits per heavy atom. The van der Waals surface area contributed by atoms with Gasteiger partial charge in [0.1, 0.15) is 0 Å². The van der Waals surface area contributed by atoms with Crippen LogP contribution in [0.5, 0.6) is 0 Å². The van der Waals surface area contributed by atoms with Crippen LogP contribution in [0.2, 0.25) is 0 Å². The van der Waals surface area contributed by atoms with Gasteiger partial charge in [0.05, 0.1) is 11.5 Å². The van der Waals surface area contributed by atoms with Crippen LogP contribution in [0, 0.1) is 5.92 Å². The van der Waals surface area contributed by atoms with Gasteiger partial charge in [-0.15, -0.1) is 0 Å². The van der Waals surface area contributed by atoms with Gasteiger partial charge in [0.25, 0.3) is 0 Å². The molecule has 2 aromatic carbocycles. The first kappa shape index (κ1) is 19.8. The molecule has 0 saturated carbocycles. The minimum atomic E-state index is -3.57. The van der Waals surface area contributed by atoms with Crippen molar-refractivity contribution >= 4 is 26.7 Å². The fourth-order valence-corrected chi connectivity index (χ4v) is 5.13. The summed E-state index contributed by atoms with van der Waals surface area (Å²) in [5.41, 5.74) is 0. The minimum Gasteiger partial charge on any atom is -0.395 e. The van der Waals surface area contributed by atoms with Gasteiger partial charge in [0, 0.05) is 32.1 Å². The van der Waals surface area contributed by atoms with Gasteiger partial charge < -0.3 is 10.0 Å². The number of benzene rings is 2. The molecule has 0 spiro atoms. The number of amides is 1. The van der Waals surface area contributed by atoms with Crippen LogP contribution in [0.3, 0.4) is 0 Å². The van der Waals surface area contributed by atoms with Crippen LogP contribution in [0.25, 0.3) is 10.8 Å². The number of fused-ring (bicyclic) bond motifs is 1. The van der Waals surface area contributed by atoms with Crippen molar-refractivity contribution in [1.29, 1.82) is 0 Å². The molecule has 1 fully saturated rings. The summed E-state index contributed by atoms with van der Waals surface area (Å²) < 4.78 is 27.5. The van der Waals surface area contributed by atoms with Gasteiger partial charge in [-0.25, -0.2) is 8.42 Å². The number of aliphatic hydroxyl groups is 1. The molecule has 1 aliphatic heterocycles. The highest BCUT2D eigenvalue weighted by molar-refractivity contribution is 7.89. The summed E-state index contributed by atoms with van der Waals surface area (Å²) in [6.07, 6.45) is 1.02. The average Bonchev–Trinajstić information content (AvgIpc) is 2.71. The Morgan fingerprint density at radius 1 is 1.15 bits per heavy atom. The zero-order valence-electron chi connectivity index (χ0n) is 15.5. The number of nitrogens with zero attached hydrogens (tertiary/aromatic N) is 2. The van der Waals surface area contributed by atoms with Crippen molar-refractivity contribution < 1.29 is 18.3 Å². The molecule has 0 radical (unpaired) electrons. The largest absolute Gasteiger partial charge is 0.395 e. The summed E-state index contributed by atoms with van der Waals surface area (Å²) in [6, 6.07) is 12.9. The summed E-state index contributed by atoms with van der Waals surface area (Å²) >= 11 is 0. The molecule has 1 N–H and O–H groups in total. The van der Waals surface area contributed by atoms with Gasteiger partial charge >= 0.3 is 0 Å². The second-order valence-electron chi connectivity index (χ2n) is 6.83. The molecule has 1 heterocycles. The SMILES string of the molecule is CCN(CCO)C(=O)C1CCN(S(=O)(=O)c2ccc3ccccc3c2)CC1. The standard InChI is InChI=1S/C20H26N2O4S/c1-2-21(13-14-23)20(24)17-9-11-22(12-10-17)27(25,26)19-8-7-16-5-3-4-6-18(16)15-19/h3-8,15,17,23H,2,9-14H2,1H3. The summed E-state index contributed by atoms with van der Waals surface area (Å²) in [5.74, 6) is -0.172.